The van der Waals surface area contributed by atoms with Gasteiger partial charge in [0.15, 0.2) is 5.82 Å². The van der Waals surface area contributed by atoms with Crippen molar-refractivity contribution >= 4 is 5.97 Å². The van der Waals surface area contributed by atoms with E-state index in [4.69, 9.17) is 9.84 Å². The molecule has 0 fully saturated rings. The normalized spacial score (nSPS) is 10.7. The number of aromatic amines is 1. The fourth-order valence-corrected chi connectivity index (χ4v) is 1.88. The Hall–Kier alpha value is -2.70. The topological polar surface area (TPSA) is 105 Å². The number of carbonyl (C=O) groups is 1. The van der Waals surface area contributed by atoms with Crippen molar-refractivity contribution < 1.29 is 14.6 Å². The van der Waals surface area contributed by atoms with Crippen molar-refractivity contribution in [1.82, 2.24) is 15.2 Å². The lowest BCUT2D eigenvalue weighted by molar-refractivity contribution is -0.136. The Kier molecular flexibility index (Phi) is 5.46. The maximum atomic E-state index is 11.9. The first-order chi connectivity index (χ1) is 11.0. The van der Waals surface area contributed by atoms with Crippen molar-refractivity contribution in [1.29, 1.82) is 0 Å². The molecule has 7 nitrogen and oxygen atoms in total. The Morgan fingerprint density at radius 2 is 2.13 bits per heavy atom. The second kappa shape index (κ2) is 7.53. The summed E-state index contributed by atoms with van der Waals surface area (Å²) in [5.74, 6) is 0.440. The first-order valence-corrected chi connectivity index (χ1v) is 7.36. The Labute approximate surface area is 133 Å². The van der Waals surface area contributed by atoms with E-state index in [0.717, 1.165) is 0 Å². The van der Waals surface area contributed by atoms with Crippen molar-refractivity contribution in [3.05, 3.63) is 40.3 Å². The number of hydrogen-bond donors (Lipinski definition) is 2. The van der Waals surface area contributed by atoms with Gasteiger partial charge in [-0.15, -0.1) is 10.2 Å². The number of carboxylic acid groups (broad SMARTS) is 1. The molecular formula is C16H19N3O4. The molecule has 0 atom stereocenters. The van der Waals surface area contributed by atoms with Gasteiger partial charge in [0.05, 0.1) is 13.0 Å². The van der Waals surface area contributed by atoms with Crippen molar-refractivity contribution in [2.45, 2.75) is 26.7 Å². The van der Waals surface area contributed by atoms with Gasteiger partial charge < -0.3 is 14.8 Å². The van der Waals surface area contributed by atoms with Gasteiger partial charge in [-0.1, -0.05) is 26.0 Å². The largest absolute Gasteiger partial charge is 0.493 e. The Balaban J connectivity index is 2.18. The fraction of sp³-hybridized carbons (Fsp3) is 0.375. The summed E-state index contributed by atoms with van der Waals surface area (Å²) in [5, 5.41) is 16.4. The fourth-order valence-electron chi connectivity index (χ4n) is 1.88. The molecule has 0 aliphatic heterocycles. The molecule has 0 radical (unpaired) electrons. The van der Waals surface area contributed by atoms with Crippen molar-refractivity contribution in [3.8, 4) is 17.1 Å². The molecule has 0 saturated heterocycles. The Morgan fingerprint density at radius 1 is 1.35 bits per heavy atom. The number of benzene rings is 1. The lowest BCUT2D eigenvalue weighted by Gasteiger charge is -2.09. The number of aliphatic carboxylic acids is 1. The van der Waals surface area contributed by atoms with Crippen LogP contribution in [0.3, 0.4) is 0 Å². The van der Waals surface area contributed by atoms with Crippen LogP contribution in [0.5, 0.6) is 5.75 Å². The molecule has 0 aliphatic rings. The highest BCUT2D eigenvalue weighted by Crippen LogP contribution is 2.20. The van der Waals surface area contributed by atoms with Crippen molar-refractivity contribution in [3.63, 3.8) is 0 Å². The van der Waals surface area contributed by atoms with Crippen LogP contribution in [-0.4, -0.2) is 32.9 Å². The van der Waals surface area contributed by atoms with Crippen LogP contribution < -0.4 is 10.3 Å². The third-order valence-electron chi connectivity index (χ3n) is 3.03. The van der Waals surface area contributed by atoms with Gasteiger partial charge in [-0.3, -0.25) is 9.59 Å². The Bertz CT molecular complexity index is 740. The molecule has 0 amide bonds. The van der Waals surface area contributed by atoms with Crippen LogP contribution in [0.4, 0.5) is 0 Å². The van der Waals surface area contributed by atoms with Crippen LogP contribution in [0.15, 0.2) is 29.1 Å². The van der Waals surface area contributed by atoms with Crippen LogP contribution >= 0.6 is 0 Å². The van der Waals surface area contributed by atoms with Gasteiger partial charge in [0.2, 0.25) is 0 Å². The zero-order valence-corrected chi connectivity index (χ0v) is 13.1. The van der Waals surface area contributed by atoms with E-state index in [0.29, 0.717) is 29.7 Å². The monoisotopic (exact) mass is 317 g/mol. The van der Waals surface area contributed by atoms with E-state index in [1.54, 1.807) is 12.1 Å². The van der Waals surface area contributed by atoms with Crippen molar-refractivity contribution in [2.24, 2.45) is 5.92 Å². The van der Waals surface area contributed by atoms with Crippen LogP contribution in [0, 0.1) is 5.92 Å². The molecule has 0 unspecified atom stereocenters. The molecule has 7 heteroatoms. The molecule has 2 aromatic rings. The van der Waals surface area contributed by atoms with E-state index in [2.05, 4.69) is 29.0 Å². The average molecular weight is 317 g/mol. The minimum absolute atomic E-state index is 0.0511. The molecule has 0 spiro atoms. The molecule has 2 N–H and O–H groups in total. The quantitative estimate of drug-likeness (QED) is 0.808. The number of nitrogens with one attached hydrogen (secondary N) is 1. The van der Waals surface area contributed by atoms with Crippen LogP contribution in [0.2, 0.25) is 0 Å². The van der Waals surface area contributed by atoms with Crippen LogP contribution in [0.1, 0.15) is 26.0 Å². The number of hydrogen-bond acceptors (Lipinski definition) is 5. The highest BCUT2D eigenvalue weighted by molar-refractivity contribution is 5.67. The van der Waals surface area contributed by atoms with Gasteiger partial charge in [0, 0.05) is 12.0 Å². The number of H-pyrrole nitrogens is 1. The number of ether oxygens (including phenoxy) is 1. The van der Waals surface area contributed by atoms with Gasteiger partial charge in [-0.2, -0.15) is 0 Å². The molecular weight excluding hydrogens is 298 g/mol. The molecule has 1 heterocycles. The zero-order chi connectivity index (χ0) is 16.8. The third-order valence-corrected chi connectivity index (χ3v) is 3.03. The second-order valence-corrected chi connectivity index (χ2v) is 5.58. The highest BCUT2D eigenvalue weighted by Gasteiger charge is 2.09. The summed E-state index contributed by atoms with van der Waals surface area (Å²) in [4.78, 5) is 25.1. The van der Waals surface area contributed by atoms with E-state index < -0.39 is 11.5 Å². The van der Waals surface area contributed by atoms with Gasteiger partial charge in [0.1, 0.15) is 11.4 Å². The first-order valence-electron chi connectivity index (χ1n) is 7.36. The maximum absolute atomic E-state index is 11.9. The van der Waals surface area contributed by atoms with Crippen molar-refractivity contribution in [2.75, 3.05) is 6.61 Å². The lowest BCUT2D eigenvalue weighted by atomic mass is 10.2. The summed E-state index contributed by atoms with van der Waals surface area (Å²) in [6.07, 6.45) is -0.106. The van der Waals surface area contributed by atoms with Gasteiger partial charge >= 0.3 is 5.97 Å². The predicted molar refractivity (Wildman–Crippen MR) is 84.4 cm³/mol. The number of rotatable bonds is 7. The standard InChI is InChI=1S/C16H19N3O4/c1-10(2)9-23-12-5-3-4-11(8-12)15-17-16(22)13(18-19-15)6-7-14(20)21/h3-5,8,10H,6-7,9H2,1-2H3,(H,20,21)(H,17,19,22). The van der Waals surface area contributed by atoms with E-state index in [9.17, 15) is 9.59 Å². The predicted octanol–water partition coefficient (Wildman–Crippen LogP) is 1.88. The minimum atomic E-state index is -0.981. The van der Waals surface area contributed by atoms with Gasteiger partial charge in [0.25, 0.3) is 5.56 Å². The number of nitrogens with zero attached hydrogens (tertiary/aromatic N) is 2. The van der Waals surface area contributed by atoms with E-state index in [1.165, 1.54) is 0 Å². The summed E-state index contributed by atoms with van der Waals surface area (Å²) in [7, 11) is 0. The van der Waals surface area contributed by atoms with Crippen LogP contribution in [-0.2, 0) is 11.2 Å². The zero-order valence-electron chi connectivity index (χ0n) is 13.1. The first kappa shape index (κ1) is 16.7. The summed E-state index contributed by atoms with van der Waals surface area (Å²) in [5.41, 5.74) is 0.369. The summed E-state index contributed by atoms with van der Waals surface area (Å²) >= 11 is 0. The smallest absolute Gasteiger partial charge is 0.303 e. The summed E-state index contributed by atoms with van der Waals surface area (Å²) < 4.78 is 5.64. The lowest BCUT2D eigenvalue weighted by Crippen LogP contribution is -2.18. The van der Waals surface area contributed by atoms with Gasteiger partial charge in [-0.05, 0) is 18.1 Å². The third kappa shape index (κ3) is 4.91. The summed E-state index contributed by atoms with van der Waals surface area (Å²) in [6.45, 7) is 4.71. The molecule has 0 bridgehead atoms. The van der Waals surface area contributed by atoms with Gasteiger partial charge in [-0.25, -0.2) is 0 Å². The SMILES string of the molecule is CC(C)COc1cccc(-c2nnc(CCC(=O)O)c(=O)[nH]2)c1. The number of aromatic nitrogens is 3. The van der Waals surface area contributed by atoms with Crippen LogP contribution in [0.25, 0.3) is 11.4 Å². The maximum Gasteiger partial charge on any atom is 0.303 e. The average Bonchev–Trinajstić information content (AvgIpc) is 2.52. The highest BCUT2D eigenvalue weighted by atomic mass is 16.5. The molecule has 2 rings (SSSR count). The molecule has 23 heavy (non-hydrogen) atoms. The number of carboxylic acids is 1. The molecule has 1 aromatic heterocycles. The van der Waals surface area contributed by atoms with E-state index in [-0.39, 0.29) is 18.5 Å². The van der Waals surface area contributed by atoms with E-state index >= 15 is 0 Å². The molecule has 0 aliphatic carbocycles. The molecule has 122 valence electrons. The Morgan fingerprint density at radius 3 is 2.78 bits per heavy atom. The molecule has 1 aromatic carbocycles. The van der Waals surface area contributed by atoms with E-state index in [1.807, 2.05) is 12.1 Å². The number of aryl methyl sites for hydroxylation is 1. The second-order valence-electron chi connectivity index (χ2n) is 5.58. The molecule has 0 saturated carbocycles. The minimum Gasteiger partial charge on any atom is -0.493 e. The summed E-state index contributed by atoms with van der Waals surface area (Å²) in [6, 6.07) is 7.21.